The molecule has 0 aliphatic heterocycles. The minimum atomic E-state index is 0.553. The number of pyridine rings is 1. The Kier molecular flexibility index (Phi) is 8.23. The number of aromatic nitrogens is 1. The average molecular weight is 280 g/mol. The number of rotatable bonds is 10. The van der Waals surface area contributed by atoms with Gasteiger partial charge in [-0.1, -0.05) is 26.8 Å². The van der Waals surface area contributed by atoms with E-state index < -0.39 is 0 Å². The van der Waals surface area contributed by atoms with Gasteiger partial charge in [0.15, 0.2) is 0 Å². The zero-order chi connectivity index (χ0) is 14.8. The third-order valence-corrected chi connectivity index (χ3v) is 2.86. The molecule has 1 N–H and O–H groups in total. The van der Waals surface area contributed by atoms with Crippen molar-refractivity contribution in [3.8, 4) is 5.88 Å². The van der Waals surface area contributed by atoms with Crippen LogP contribution in [0.4, 0.5) is 0 Å². The summed E-state index contributed by atoms with van der Waals surface area (Å²) in [4.78, 5) is 4.47. The number of ether oxygens (including phenoxy) is 2. The molecule has 4 heteroatoms. The topological polar surface area (TPSA) is 43.4 Å². The molecule has 4 nitrogen and oxygen atoms in total. The van der Waals surface area contributed by atoms with Gasteiger partial charge in [-0.2, -0.15) is 0 Å². The fourth-order valence-corrected chi connectivity index (χ4v) is 1.78. The second-order valence-corrected chi connectivity index (χ2v) is 5.38. The summed E-state index contributed by atoms with van der Waals surface area (Å²) in [6.07, 6.45) is 1.04. The van der Waals surface area contributed by atoms with E-state index in [4.69, 9.17) is 9.47 Å². The van der Waals surface area contributed by atoms with Gasteiger partial charge in [-0.05, 0) is 31.4 Å². The molecule has 0 radical (unpaired) electrons. The Morgan fingerprint density at radius 2 is 2.00 bits per heavy atom. The van der Waals surface area contributed by atoms with Crippen molar-refractivity contribution in [3.05, 3.63) is 23.4 Å². The van der Waals surface area contributed by atoms with Crippen LogP contribution in [0.3, 0.4) is 0 Å². The van der Waals surface area contributed by atoms with Crippen molar-refractivity contribution in [1.29, 1.82) is 0 Å². The highest BCUT2D eigenvalue weighted by Gasteiger charge is 2.03. The van der Waals surface area contributed by atoms with Gasteiger partial charge in [0.1, 0.15) is 6.61 Å². The van der Waals surface area contributed by atoms with Crippen molar-refractivity contribution >= 4 is 0 Å². The monoisotopic (exact) mass is 280 g/mol. The lowest BCUT2D eigenvalue weighted by Gasteiger charge is -2.11. The summed E-state index contributed by atoms with van der Waals surface area (Å²) >= 11 is 0. The van der Waals surface area contributed by atoms with Crippen LogP contribution in [0.15, 0.2) is 12.1 Å². The molecule has 0 spiro atoms. The summed E-state index contributed by atoms with van der Waals surface area (Å²) in [6.45, 7) is 12.4. The van der Waals surface area contributed by atoms with E-state index >= 15 is 0 Å². The molecular weight excluding hydrogens is 252 g/mol. The molecule has 0 unspecified atom stereocenters. The number of hydrogen-bond acceptors (Lipinski definition) is 4. The summed E-state index contributed by atoms with van der Waals surface area (Å²) in [5.74, 6) is 1.34. The van der Waals surface area contributed by atoms with E-state index in [-0.39, 0.29) is 0 Å². The predicted octanol–water partition coefficient (Wildman–Crippen LogP) is 2.94. The summed E-state index contributed by atoms with van der Waals surface area (Å²) < 4.78 is 10.9. The second-order valence-electron chi connectivity index (χ2n) is 5.38. The minimum absolute atomic E-state index is 0.553. The van der Waals surface area contributed by atoms with E-state index in [2.05, 4.69) is 37.1 Å². The zero-order valence-electron chi connectivity index (χ0n) is 13.2. The lowest BCUT2D eigenvalue weighted by Crippen LogP contribution is -2.19. The largest absolute Gasteiger partial charge is 0.475 e. The van der Waals surface area contributed by atoms with Crippen LogP contribution in [0.5, 0.6) is 5.88 Å². The van der Waals surface area contributed by atoms with E-state index in [1.807, 2.05) is 13.0 Å². The maximum absolute atomic E-state index is 5.57. The second kappa shape index (κ2) is 9.72. The highest BCUT2D eigenvalue weighted by atomic mass is 16.5. The van der Waals surface area contributed by atoms with Crippen LogP contribution in [0.25, 0.3) is 0 Å². The molecule has 114 valence electrons. The molecule has 0 fully saturated rings. The molecular formula is C16H28N2O2. The number of nitrogens with one attached hydrogen (secondary N) is 1. The molecule has 1 aromatic rings. The molecule has 0 aromatic carbocycles. The predicted molar refractivity (Wildman–Crippen MR) is 82.1 cm³/mol. The molecule has 0 bridgehead atoms. The van der Waals surface area contributed by atoms with Crippen LogP contribution in [-0.4, -0.2) is 31.3 Å². The summed E-state index contributed by atoms with van der Waals surface area (Å²) in [5.41, 5.74) is 2.24. The van der Waals surface area contributed by atoms with Gasteiger partial charge in [-0.3, -0.25) is 0 Å². The number of nitrogens with zero attached hydrogens (tertiary/aromatic N) is 1. The van der Waals surface area contributed by atoms with Crippen molar-refractivity contribution in [2.45, 2.75) is 40.7 Å². The lowest BCUT2D eigenvalue weighted by atomic mass is 10.2. The Bertz CT molecular complexity index is 381. The highest BCUT2D eigenvalue weighted by molar-refractivity contribution is 5.24. The Balaban J connectivity index is 2.35. The molecule has 1 aromatic heterocycles. The average Bonchev–Trinajstić information content (AvgIpc) is 2.40. The van der Waals surface area contributed by atoms with Gasteiger partial charge in [-0.25, -0.2) is 4.98 Å². The van der Waals surface area contributed by atoms with Crippen LogP contribution < -0.4 is 10.1 Å². The Labute approximate surface area is 122 Å². The molecule has 20 heavy (non-hydrogen) atoms. The van der Waals surface area contributed by atoms with E-state index in [1.54, 1.807) is 0 Å². The SMILES string of the molecule is CCCOCCOc1ccc(CNCC(C)C)c(C)n1. The molecule has 1 rings (SSSR count). The van der Waals surface area contributed by atoms with Crippen LogP contribution in [0.1, 0.15) is 38.4 Å². The van der Waals surface area contributed by atoms with Crippen molar-refractivity contribution in [2.24, 2.45) is 5.92 Å². The van der Waals surface area contributed by atoms with E-state index in [0.29, 0.717) is 25.0 Å². The molecule has 0 aliphatic carbocycles. The third kappa shape index (κ3) is 6.87. The van der Waals surface area contributed by atoms with E-state index in [0.717, 1.165) is 31.8 Å². The van der Waals surface area contributed by atoms with Gasteiger partial charge in [0, 0.05) is 24.9 Å². The Morgan fingerprint density at radius 1 is 1.20 bits per heavy atom. The lowest BCUT2D eigenvalue weighted by molar-refractivity contribution is 0.0989. The first-order valence-electron chi connectivity index (χ1n) is 7.51. The van der Waals surface area contributed by atoms with Crippen LogP contribution >= 0.6 is 0 Å². The van der Waals surface area contributed by atoms with Gasteiger partial charge in [0.05, 0.1) is 6.61 Å². The van der Waals surface area contributed by atoms with Gasteiger partial charge in [0.25, 0.3) is 0 Å². The Morgan fingerprint density at radius 3 is 2.65 bits per heavy atom. The summed E-state index contributed by atoms with van der Waals surface area (Å²) in [5, 5.41) is 3.43. The number of hydrogen-bond donors (Lipinski definition) is 1. The summed E-state index contributed by atoms with van der Waals surface area (Å²) in [6, 6.07) is 4.01. The normalized spacial score (nSPS) is 11.1. The highest BCUT2D eigenvalue weighted by Crippen LogP contribution is 2.12. The molecule has 0 saturated carbocycles. The minimum Gasteiger partial charge on any atom is -0.475 e. The van der Waals surface area contributed by atoms with Crippen molar-refractivity contribution in [3.63, 3.8) is 0 Å². The Hall–Kier alpha value is -1.13. The van der Waals surface area contributed by atoms with Crippen molar-refractivity contribution in [2.75, 3.05) is 26.4 Å². The van der Waals surface area contributed by atoms with Gasteiger partial charge in [-0.15, -0.1) is 0 Å². The molecule has 0 amide bonds. The fourth-order valence-electron chi connectivity index (χ4n) is 1.78. The quantitative estimate of drug-likeness (QED) is 0.669. The maximum atomic E-state index is 5.57. The van der Waals surface area contributed by atoms with E-state index in [9.17, 15) is 0 Å². The standard InChI is InChI=1S/C16H28N2O2/c1-5-8-19-9-10-20-16-7-6-15(14(4)18-16)12-17-11-13(2)3/h6-7,13,17H,5,8-12H2,1-4H3. The van der Waals surface area contributed by atoms with E-state index in [1.165, 1.54) is 5.56 Å². The molecule has 0 atom stereocenters. The van der Waals surface area contributed by atoms with Crippen molar-refractivity contribution < 1.29 is 9.47 Å². The zero-order valence-corrected chi connectivity index (χ0v) is 13.2. The van der Waals surface area contributed by atoms with Crippen LogP contribution in [-0.2, 0) is 11.3 Å². The number of aryl methyl sites for hydroxylation is 1. The third-order valence-electron chi connectivity index (χ3n) is 2.86. The smallest absolute Gasteiger partial charge is 0.213 e. The summed E-state index contributed by atoms with van der Waals surface area (Å²) in [7, 11) is 0. The molecule has 0 aliphatic rings. The van der Waals surface area contributed by atoms with Gasteiger partial charge < -0.3 is 14.8 Å². The maximum Gasteiger partial charge on any atom is 0.213 e. The van der Waals surface area contributed by atoms with Crippen LogP contribution in [0.2, 0.25) is 0 Å². The molecule has 0 saturated heterocycles. The van der Waals surface area contributed by atoms with Gasteiger partial charge in [0.2, 0.25) is 5.88 Å². The fraction of sp³-hybridized carbons (Fsp3) is 0.688. The first-order valence-corrected chi connectivity index (χ1v) is 7.51. The molecule has 1 heterocycles. The van der Waals surface area contributed by atoms with Gasteiger partial charge >= 0.3 is 0 Å². The first kappa shape index (κ1) is 16.9. The first-order chi connectivity index (χ1) is 9.63. The van der Waals surface area contributed by atoms with Crippen LogP contribution in [0, 0.1) is 12.8 Å². The van der Waals surface area contributed by atoms with Crippen molar-refractivity contribution in [1.82, 2.24) is 10.3 Å².